The molecule has 1 heterocycles. The summed E-state index contributed by atoms with van der Waals surface area (Å²) in [7, 11) is -3.46. The van der Waals surface area contributed by atoms with Gasteiger partial charge in [0.1, 0.15) is 22.2 Å². The quantitative estimate of drug-likeness (QED) is 0.868. The van der Waals surface area contributed by atoms with E-state index in [1.807, 2.05) is 0 Å². The molecule has 0 saturated heterocycles. The van der Waals surface area contributed by atoms with E-state index in [1.165, 1.54) is 18.2 Å². The van der Waals surface area contributed by atoms with Gasteiger partial charge in [0, 0.05) is 6.26 Å². The van der Waals surface area contributed by atoms with Crippen LogP contribution in [0.15, 0.2) is 35.4 Å². The van der Waals surface area contributed by atoms with Gasteiger partial charge in [0.25, 0.3) is 0 Å². The molecule has 17 heavy (non-hydrogen) atoms. The van der Waals surface area contributed by atoms with Gasteiger partial charge in [-0.05, 0) is 12.1 Å². The molecule has 1 aromatic carbocycles. The van der Waals surface area contributed by atoms with E-state index in [-0.39, 0.29) is 16.4 Å². The van der Waals surface area contributed by atoms with Gasteiger partial charge in [-0.1, -0.05) is 12.1 Å². The zero-order chi connectivity index (χ0) is 12.6. The van der Waals surface area contributed by atoms with Crippen molar-refractivity contribution in [1.82, 2.24) is 9.78 Å². The summed E-state index contributed by atoms with van der Waals surface area (Å²) in [4.78, 5) is -0.110. The smallest absolute Gasteiger partial charge is 0.180 e. The summed E-state index contributed by atoms with van der Waals surface area (Å²) >= 11 is 0. The molecule has 1 aromatic heterocycles. The molecular weight excluding hydrogens is 245 g/mol. The third-order valence-electron chi connectivity index (χ3n) is 2.25. The number of sulfone groups is 1. The predicted octanol–water partition coefficient (Wildman–Crippen LogP) is 0.997. The first-order chi connectivity index (χ1) is 7.91. The van der Waals surface area contributed by atoms with Gasteiger partial charge in [0.05, 0.1) is 6.20 Å². The van der Waals surface area contributed by atoms with E-state index >= 15 is 0 Å². The Kier molecular flexibility index (Phi) is 2.62. The third kappa shape index (κ3) is 2.01. The topological polar surface area (TPSA) is 78.0 Å². The van der Waals surface area contributed by atoms with Gasteiger partial charge in [0.2, 0.25) is 0 Å². The summed E-state index contributed by atoms with van der Waals surface area (Å²) in [6.07, 6.45) is 2.13. The second-order valence-corrected chi connectivity index (χ2v) is 5.51. The maximum absolute atomic E-state index is 13.5. The molecule has 2 aromatic rings. The lowest BCUT2D eigenvalue weighted by Crippen LogP contribution is -2.06. The van der Waals surface area contributed by atoms with Crippen molar-refractivity contribution in [2.45, 2.75) is 4.90 Å². The lowest BCUT2D eigenvalue weighted by atomic mass is 10.3. The van der Waals surface area contributed by atoms with Crippen LogP contribution in [0.2, 0.25) is 0 Å². The maximum Gasteiger partial charge on any atom is 0.180 e. The number of nitrogens with two attached hydrogens (primary N) is 1. The van der Waals surface area contributed by atoms with E-state index in [0.717, 1.165) is 17.1 Å². The number of hydrogen-bond donors (Lipinski definition) is 1. The van der Waals surface area contributed by atoms with Gasteiger partial charge >= 0.3 is 0 Å². The second-order valence-electron chi connectivity index (χ2n) is 3.53. The molecule has 0 fully saturated rings. The number of nitrogens with zero attached hydrogens (tertiary/aromatic N) is 2. The molecule has 0 atom stereocenters. The molecule has 7 heteroatoms. The van der Waals surface area contributed by atoms with E-state index in [2.05, 4.69) is 5.10 Å². The number of para-hydroxylation sites is 1. The second kappa shape index (κ2) is 3.85. The van der Waals surface area contributed by atoms with Gasteiger partial charge in [-0.3, -0.25) is 0 Å². The first kappa shape index (κ1) is 11.6. The Hall–Kier alpha value is -1.89. The number of anilines is 1. The lowest BCUT2D eigenvalue weighted by Gasteiger charge is -2.05. The fourth-order valence-electron chi connectivity index (χ4n) is 1.44. The van der Waals surface area contributed by atoms with Crippen molar-refractivity contribution in [3.8, 4) is 5.69 Å². The van der Waals surface area contributed by atoms with Crippen molar-refractivity contribution >= 4 is 15.7 Å². The number of nitrogen functional groups attached to an aromatic ring is 1. The van der Waals surface area contributed by atoms with Crippen LogP contribution in [0.3, 0.4) is 0 Å². The zero-order valence-corrected chi connectivity index (χ0v) is 9.78. The average Bonchev–Trinajstić information content (AvgIpc) is 2.60. The van der Waals surface area contributed by atoms with E-state index in [4.69, 9.17) is 5.73 Å². The third-order valence-corrected chi connectivity index (χ3v) is 3.36. The van der Waals surface area contributed by atoms with Crippen molar-refractivity contribution < 1.29 is 12.8 Å². The molecule has 0 saturated carbocycles. The number of benzene rings is 1. The highest BCUT2D eigenvalue weighted by molar-refractivity contribution is 7.90. The number of halogens is 1. The Morgan fingerprint density at radius 1 is 1.35 bits per heavy atom. The Morgan fingerprint density at radius 2 is 2.00 bits per heavy atom. The normalized spacial score (nSPS) is 11.6. The van der Waals surface area contributed by atoms with Crippen LogP contribution < -0.4 is 5.73 Å². The van der Waals surface area contributed by atoms with Crippen LogP contribution in [0.1, 0.15) is 0 Å². The van der Waals surface area contributed by atoms with Crippen LogP contribution in [-0.4, -0.2) is 24.5 Å². The summed E-state index contributed by atoms with van der Waals surface area (Å²) in [6, 6.07) is 5.84. The molecule has 2 N–H and O–H groups in total. The number of aromatic nitrogens is 2. The monoisotopic (exact) mass is 255 g/mol. The molecule has 0 radical (unpaired) electrons. The van der Waals surface area contributed by atoms with Crippen LogP contribution in [0.25, 0.3) is 5.69 Å². The summed E-state index contributed by atoms with van der Waals surface area (Å²) in [5.74, 6) is -0.625. The zero-order valence-electron chi connectivity index (χ0n) is 8.96. The Labute approximate surface area is 97.6 Å². The van der Waals surface area contributed by atoms with Crippen LogP contribution in [0.4, 0.5) is 10.2 Å². The van der Waals surface area contributed by atoms with E-state index in [1.54, 1.807) is 6.07 Å². The molecule has 0 amide bonds. The first-order valence-electron chi connectivity index (χ1n) is 4.69. The molecule has 5 nitrogen and oxygen atoms in total. The molecular formula is C10H10FN3O2S. The van der Waals surface area contributed by atoms with Crippen molar-refractivity contribution in [1.29, 1.82) is 0 Å². The first-order valence-corrected chi connectivity index (χ1v) is 6.59. The van der Waals surface area contributed by atoms with Crippen LogP contribution in [-0.2, 0) is 9.84 Å². The largest absolute Gasteiger partial charge is 0.382 e. The highest BCUT2D eigenvalue weighted by atomic mass is 32.2. The van der Waals surface area contributed by atoms with Gasteiger partial charge in [-0.25, -0.2) is 17.5 Å². The van der Waals surface area contributed by atoms with E-state index in [0.29, 0.717) is 0 Å². The molecule has 0 spiro atoms. The van der Waals surface area contributed by atoms with Crippen molar-refractivity contribution in [2.75, 3.05) is 12.0 Å². The van der Waals surface area contributed by atoms with Crippen molar-refractivity contribution in [2.24, 2.45) is 0 Å². The van der Waals surface area contributed by atoms with Gasteiger partial charge < -0.3 is 5.73 Å². The maximum atomic E-state index is 13.5. The highest BCUT2D eigenvalue weighted by Crippen LogP contribution is 2.22. The van der Waals surface area contributed by atoms with E-state index < -0.39 is 15.7 Å². The minimum atomic E-state index is -3.46. The molecule has 0 unspecified atom stereocenters. The minimum absolute atomic E-state index is 0.0994. The van der Waals surface area contributed by atoms with Crippen molar-refractivity contribution in [3.05, 3.63) is 36.3 Å². The van der Waals surface area contributed by atoms with Gasteiger partial charge in [-0.15, -0.1) is 0 Å². The van der Waals surface area contributed by atoms with Crippen LogP contribution in [0, 0.1) is 5.82 Å². The molecule has 0 bridgehead atoms. The minimum Gasteiger partial charge on any atom is -0.382 e. The predicted molar refractivity (Wildman–Crippen MR) is 61.0 cm³/mol. The average molecular weight is 255 g/mol. The Balaban J connectivity index is 2.64. The van der Waals surface area contributed by atoms with Gasteiger partial charge in [0.15, 0.2) is 9.84 Å². The van der Waals surface area contributed by atoms with E-state index in [9.17, 15) is 12.8 Å². The SMILES string of the molecule is CS(=O)(=O)c1cnn(-c2ccccc2F)c1N. The fraction of sp³-hybridized carbons (Fsp3) is 0.100. The fourth-order valence-corrected chi connectivity index (χ4v) is 2.15. The molecule has 2 rings (SSSR count). The van der Waals surface area contributed by atoms with Crippen LogP contribution >= 0.6 is 0 Å². The highest BCUT2D eigenvalue weighted by Gasteiger charge is 2.18. The molecule has 0 aliphatic carbocycles. The summed E-state index contributed by atoms with van der Waals surface area (Å²) in [5.41, 5.74) is 5.76. The standard InChI is InChI=1S/C10H10FN3O2S/c1-17(15,16)9-6-13-14(10(9)12)8-5-3-2-4-7(8)11/h2-6H,12H2,1H3. The van der Waals surface area contributed by atoms with Crippen molar-refractivity contribution in [3.63, 3.8) is 0 Å². The van der Waals surface area contributed by atoms with Crippen LogP contribution in [0.5, 0.6) is 0 Å². The molecule has 0 aliphatic heterocycles. The number of rotatable bonds is 2. The number of hydrogen-bond acceptors (Lipinski definition) is 4. The van der Waals surface area contributed by atoms with Gasteiger partial charge in [-0.2, -0.15) is 5.10 Å². The Bertz CT molecular complexity index is 664. The molecule has 0 aliphatic rings. The summed E-state index contributed by atoms with van der Waals surface area (Å²) in [6.45, 7) is 0. The summed E-state index contributed by atoms with van der Waals surface area (Å²) < 4.78 is 37.3. The Morgan fingerprint density at radius 3 is 2.53 bits per heavy atom. The summed E-state index contributed by atoms with van der Waals surface area (Å²) in [5, 5.41) is 3.79. The lowest BCUT2D eigenvalue weighted by molar-refractivity contribution is 0.601. The molecule has 90 valence electrons.